The summed E-state index contributed by atoms with van der Waals surface area (Å²) < 4.78 is 10.6. The molecule has 0 spiro atoms. The van der Waals surface area contributed by atoms with E-state index in [1.165, 1.54) is 18.4 Å². The van der Waals surface area contributed by atoms with Gasteiger partial charge in [0.1, 0.15) is 0 Å². The molecule has 3 heteroatoms. The van der Waals surface area contributed by atoms with Crippen molar-refractivity contribution in [2.75, 3.05) is 13.3 Å². The topological polar surface area (TPSA) is 30.5 Å². The Balaban J connectivity index is 1.87. The molecular formula is C12H17NO2. The van der Waals surface area contributed by atoms with E-state index < -0.39 is 0 Å². The molecule has 2 rings (SSSR count). The van der Waals surface area contributed by atoms with Crippen LogP contribution in [0.4, 0.5) is 0 Å². The minimum Gasteiger partial charge on any atom is -0.454 e. The fraction of sp³-hybridized carbons (Fsp3) is 0.500. The number of ether oxygens (including phenoxy) is 2. The first-order chi connectivity index (χ1) is 7.40. The van der Waals surface area contributed by atoms with Crippen LogP contribution in [0, 0.1) is 0 Å². The van der Waals surface area contributed by atoms with Gasteiger partial charge in [0.05, 0.1) is 0 Å². The van der Waals surface area contributed by atoms with Crippen molar-refractivity contribution in [2.45, 2.75) is 26.3 Å². The summed E-state index contributed by atoms with van der Waals surface area (Å²) in [7, 11) is 0. The Morgan fingerprint density at radius 2 is 2.13 bits per heavy atom. The van der Waals surface area contributed by atoms with Gasteiger partial charge in [0.25, 0.3) is 0 Å². The van der Waals surface area contributed by atoms with Crippen LogP contribution in [-0.4, -0.2) is 13.3 Å². The Hall–Kier alpha value is -1.22. The van der Waals surface area contributed by atoms with Gasteiger partial charge in [0, 0.05) is 6.54 Å². The van der Waals surface area contributed by atoms with E-state index in [2.05, 4.69) is 18.3 Å². The number of fused-ring (bicyclic) bond motifs is 1. The van der Waals surface area contributed by atoms with Crippen LogP contribution < -0.4 is 14.8 Å². The predicted octanol–water partition coefficient (Wildman–Crippen LogP) is 2.30. The average Bonchev–Trinajstić information content (AvgIpc) is 2.71. The lowest BCUT2D eigenvalue weighted by Gasteiger charge is -2.04. The number of benzene rings is 1. The van der Waals surface area contributed by atoms with E-state index in [1.54, 1.807) is 0 Å². The van der Waals surface area contributed by atoms with Crippen LogP contribution in [0.1, 0.15) is 25.3 Å². The van der Waals surface area contributed by atoms with Gasteiger partial charge in [0.15, 0.2) is 11.5 Å². The lowest BCUT2D eigenvalue weighted by atomic mass is 10.2. The minimum absolute atomic E-state index is 0.349. The van der Waals surface area contributed by atoms with E-state index in [-0.39, 0.29) is 0 Å². The van der Waals surface area contributed by atoms with Crippen LogP contribution in [0.15, 0.2) is 18.2 Å². The molecule has 1 aliphatic rings. The van der Waals surface area contributed by atoms with Gasteiger partial charge in [-0.2, -0.15) is 0 Å². The Bertz CT molecular complexity index is 325. The van der Waals surface area contributed by atoms with Crippen LogP contribution in [0.25, 0.3) is 0 Å². The summed E-state index contributed by atoms with van der Waals surface area (Å²) in [6.07, 6.45) is 2.46. The van der Waals surface area contributed by atoms with Crippen LogP contribution >= 0.6 is 0 Å². The maximum Gasteiger partial charge on any atom is 0.231 e. The summed E-state index contributed by atoms with van der Waals surface area (Å²) in [5.41, 5.74) is 1.25. The number of rotatable bonds is 5. The summed E-state index contributed by atoms with van der Waals surface area (Å²) >= 11 is 0. The highest BCUT2D eigenvalue weighted by molar-refractivity contribution is 5.44. The molecule has 15 heavy (non-hydrogen) atoms. The monoisotopic (exact) mass is 207 g/mol. The zero-order valence-corrected chi connectivity index (χ0v) is 9.08. The lowest BCUT2D eigenvalue weighted by Crippen LogP contribution is -2.14. The van der Waals surface area contributed by atoms with Crippen LogP contribution in [0.3, 0.4) is 0 Å². The summed E-state index contributed by atoms with van der Waals surface area (Å²) in [5.74, 6) is 1.72. The van der Waals surface area contributed by atoms with E-state index in [9.17, 15) is 0 Å². The first-order valence-corrected chi connectivity index (χ1v) is 5.49. The average molecular weight is 207 g/mol. The molecule has 82 valence electrons. The van der Waals surface area contributed by atoms with Gasteiger partial charge in [-0.05, 0) is 30.7 Å². The molecule has 0 radical (unpaired) electrons. The van der Waals surface area contributed by atoms with Gasteiger partial charge in [-0.1, -0.05) is 19.4 Å². The molecule has 1 aromatic rings. The van der Waals surface area contributed by atoms with Crippen LogP contribution in [0.2, 0.25) is 0 Å². The van der Waals surface area contributed by atoms with Gasteiger partial charge >= 0.3 is 0 Å². The van der Waals surface area contributed by atoms with E-state index in [4.69, 9.17) is 9.47 Å². The number of hydrogen-bond donors (Lipinski definition) is 1. The molecular weight excluding hydrogens is 190 g/mol. The molecule has 1 aromatic carbocycles. The SMILES string of the molecule is CCCCNCc1ccc2c(c1)OCO2. The highest BCUT2D eigenvalue weighted by atomic mass is 16.7. The molecule has 0 saturated heterocycles. The summed E-state index contributed by atoms with van der Waals surface area (Å²) in [4.78, 5) is 0. The van der Waals surface area contributed by atoms with E-state index >= 15 is 0 Å². The van der Waals surface area contributed by atoms with E-state index in [0.29, 0.717) is 6.79 Å². The fourth-order valence-electron chi connectivity index (χ4n) is 1.59. The Morgan fingerprint density at radius 3 is 3.00 bits per heavy atom. The molecule has 0 amide bonds. The number of unbranched alkanes of at least 4 members (excludes halogenated alkanes) is 1. The molecule has 0 unspecified atom stereocenters. The third kappa shape index (κ3) is 2.63. The first kappa shape index (κ1) is 10.3. The predicted molar refractivity (Wildman–Crippen MR) is 59.2 cm³/mol. The van der Waals surface area contributed by atoms with Crippen molar-refractivity contribution in [3.8, 4) is 11.5 Å². The Kier molecular flexibility index (Phi) is 3.45. The zero-order chi connectivity index (χ0) is 10.5. The van der Waals surface area contributed by atoms with Crippen LogP contribution in [-0.2, 0) is 6.54 Å². The molecule has 0 aromatic heterocycles. The first-order valence-electron chi connectivity index (χ1n) is 5.49. The van der Waals surface area contributed by atoms with Gasteiger partial charge in [0.2, 0.25) is 6.79 Å². The third-order valence-corrected chi connectivity index (χ3v) is 2.47. The van der Waals surface area contributed by atoms with Gasteiger partial charge < -0.3 is 14.8 Å². The standard InChI is InChI=1S/C12H17NO2/c1-2-3-6-13-8-10-4-5-11-12(7-10)15-9-14-11/h4-5,7,13H,2-3,6,8-9H2,1H3. The van der Waals surface area contributed by atoms with Crippen molar-refractivity contribution in [3.05, 3.63) is 23.8 Å². The van der Waals surface area contributed by atoms with Crippen molar-refractivity contribution in [1.29, 1.82) is 0 Å². The molecule has 1 heterocycles. The number of hydrogen-bond acceptors (Lipinski definition) is 3. The Morgan fingerprint density at radius 1 is 1.27 bits per heavy atom. The molecule has 0 atom stereocenters. The van der Waals surface area contributed by atoms with Gasteiger partial charge in [-0.25, -0.2) is 0 Å². The Labute approximate surface area is 90.4 Å². The molecule has 0 saturated carbocycles. The van der Waals surface area contributed by atoms with Gasteiger partial charge in [-0.3, -0.25) is 0 Å². The smallest absolute Gasteiger partial charge is 0.231 e. The second-order valence-corrected chi connectivity index (χ2v) is 3.72. The summed E-state index contributed by atoms with van der Waals surface area (Å²) in [5, 5.41) is 3.40. The molecule has 1 N–H and O–H groups in total. The number of nitrogens with one attached hydrogen (secondary N) is 1. The molecule has 0 fully saturated rings. The van der Waals surface area contributed by atoms with E-state index in [0.717, 1.165) is 24.6 Å². The quantitative estimate of drug-likeness (QED) is 0.751. The van der Waals surface area contributed by atoms with Crippen molar-refractivity contribution in [1.82, 2.24) is 5.32 Å². The van der Waals surface area contributed by atoms with Crippen molar-refractivity contribution < 1.29 is 9.47 Å². The second-order valence-electron chi connectivity index (χ2n) is 3.72. The largest absolute Gasteiger partial charge is 0.454 e. The highest BCUT2D eigenvalue weighted by Crippen LogP contribution is 2.32. The fourth-order valence-corrected chi connectivity index (χ4v) is 1.59. The molecule has 3 nitrogen and oxygen atoms in total. The summed E-state index contributed by atoms with van der Waals surface area (Å²) in [6.45, 7) is 4.52. The molecule has 0 aliphatic carbocycles. The third-order valence-electron chi connectivity index (χ3n) is 2.47. The second kappa shape index (κ2) is 5.03. The molecule has 0 bridgehead atoms. The van der Waals surface area contributed by atoms with Crippen molar-refractivity contribution >= 4 is 0 Å². The normalized spacial score (nSPS) is 13.1. The van der Waals surface area contributed by atoms with Crippen molar-refractivity contribution in [3.63, 3.8) is 0 Å². The van der Waals surface area contributed by atoms with Gasteiger partial charge in [-0.15, -0.1) is 0 Å². The maximum absolute atomic E-state index is 5.32. The van der Waals surface area contributed by atoms with Crippen molar-refractivity contribution in [2.24, 2.45) is 0 Å². The molecule has 1 aliphatic heterocycles. The lowest BCUT2D eigenvalue weighted by molar-refractivity contribution is 0.174. The van der Waals surface area contributed by atoms with Crippen LogP contribution in [0.5, 0.6) is 11.5 Å². The minimum atomic E-state index is 0.349. The summed E-state index contributed by atoms with van der Waals surface area (Å²) in [6, 6.07) is 6.09. The zero-order valence-electron chi connectivity index (χ0n) is 9.08. The maximum atomic E-state index is 5.32. The van der Waals surface area contributed by atoms with E-state index in [1.807, 2.05) is 12.1 Å². The highest BCUT2D eigenvalue weighted by Gasteiger charge is 2.12.